The van der Waals surface area contributed by atoms with E-state index in [1.807, 2.05) is 0 Å². The largest absolute Gasteiger partial charge is 0.350 e. The molecule has 0 heterocycles. The quantitative estimate of drug-likeness (QED) is 0.628. The van der Waals surface area contributed by atoms with Crippen molar-refractivity contribution in [3.63, 3.8) is 0 Å². The minimum absolute atomic E-state index is 0.0708. The molecular weight excluding hydrogens is 246 g/mol. The number of nitro benzene ring substituents is 1. The Hall–Kier alpha value is -1.66. The van der Waals surface area contributed by atoms with Gasteiger partial charge in [0.05, 0.1) is 15.5 Å². The number of nitrogens with one attached hydrogen (secondary N) is 1. The predicted octanol–water partition coefficient (Wildman–Crippen LogP) is 1.33. The van der Waals surface area contributed by atoms with Crippen LogP contribution in [0.15, 0.2) is 18.2 Å². The van der Waals surface area contributed by atoms with Gasteiger partial charge in [0.2, 0.25) is 0 Å². The van der Waals surface area contributed by atoms with Crippen LogP contribution in [0.1, 0.15) is 17.3 Å². The van der Waals surface area contributed by atoms with Gasteiger partial charge in [-0.25, -0.2) is 0 Å². The summed E-state index contributed by atoms with van der Waals surface area (Å²) in [5.74, 6) is -0.476. The SMILES string of the molecule is CC(N)CNC(=O)c1cc([N+](=O)[O-])ccc1Cl. The molecule has 0 fully saturated rings. The van der Waals surface area contributed by atoms with Gasteiger partial charge >= 0.3 is 0 Å². The highest BCUT2D eigenvalue weighted by Gasteiger charge is 2.15. The average molecular weight is 258 g/mol. The third-order valence-electron chi connectivity index (χ3n) is 1.99. The first-order valence-electron chi connectivity index (χ1n) is 4.89. The normalized spacial score (nSPS) is 11.9. The van der Waals surface area contributed by atoms with Gasteiger partial charge in [-0.05, 0) is 13.0 Å². The first kappa shape index (κ1) is 13.4. The molecule has 0 spiro atoms. The van der Waals surface area contributed by atoms with E-state index >= 15 is 0 Å². The molecule has 6 nitrogen and oxygen atoms in total. The van der Waals surface area contributed by atoms with Crippen LogP contribution in [0.2, 0.25) is 5.02 Å². The fourth-order valence-electron chi connectivity index (χ4n) is 1.15. The van der Waals surface area contributed by atoms with E-state index in [4.69, 9.17) is 17.3 Å². The third-order valence-corrected chi connectivity index (χ3v) is 2.32. The number of hydrogen-bond donors (Lipinski definition) is 2. The van der Waals surface area contributed by atoms with E-state index in [1.54, 1.807) is 6.92 Å². The monoisotopic (exact) mass is 257 g/mol. The maximum absolute atomic E-state index is 11.7. The van der Waals surface area contributed by atoms with Gasteiger partial charge in [-0.1, -0.05) is 11.6 Å². The zero-order chi connectivity index (χ0) is 13.0. The number of benzene rings is 1. The smallest absolute Gasteiger partial charge is 0.270 e. The Kier molecular flexibility index (Phi) is 4.42. The molecule has 0 aromatic heterocycles. The summed E-state index contributed by atoms with van der Waals surface area (Å²) in [6.45, 7) is 2.01. The third kappa shape index (κ3) is 3.69. The minimum atomic E-state index is -0.585. The molecule has 0 radical (unpaired) electrons. The lowest BCUT2D eigenvalue weighted by Gasteiger charge is -2.08. The van der Waals surface area contributed by atoms with Crippen LogP contribution in [0.5, 0.6) is 0 Å². The second-order valence-electron chi connectivity index (χ2n) is 3.61. The second kappa shape index (κ2) is 5.60. The molecule has 1 aromatic carbocycles. The van der Waals surface area contributed by atoms with E-state index in [2.05, 4.69) is 5.32 Å². The molecule has 3 N–H and O–H groups in total. The topological polar surface area (TPSA) is 98.3 Å². The van der Waals surface area contributed by atoms with Crippen molar-refractivity contribution in [3.05, 3.63) is 38.9 Å². The van der Waals surface area contributed by atoms with Crippen molar-refractivity contribution in [2.75, 3.05) is 6.54 Å². The van der Waals surface area contributed by atoms with E-state index in [0.29, 0.717) is 0 Å². The Labute approximate surface area is 103 Å². The molecule has 1 aromatic rings. The van der Waals surface area contributed by atoms with Gasteiger partial charge in [0.15, 0.2) is 0 Å². The molecule has 0 aliphatic carbocycles. The number of hydrogen-bond acceptors (Lipinski definition) is 4. The molecule has 92 valence electrons. The zero-order valence-electron chi connectivity index (χ0n) is 9.14. The number of rotatable bonds is 4. The Morgan fingerprint density at radius 3 is 2.82 bits per heavy atom. The van der Waals surface area contributed by atoms with Crippen LogP contribution in [0.3, 0.4) is 0 Å². The summed E-state index contributed by atoms with van der Waals surface area (Å²) in [6, 6.07) is 3.50. The van der Waals surface area contributed by atoms with Crippen molar-refractivity contribution in [1.82, 2.24) is 5.32 Å². The summed E-state index contributed by atoms with van der Waals surface area (Å²) < 4.78 is 0. The summed E-state index contributed by atoms with van der Waals surface area (Å²) in [4.78, 5) is 21.7. The maximum Gasteiger partial charge on any atom is 0.270 e. The lowest BCUT2D eigenvalue weighted by molar-refractivity contribution is -0.384. The summed E-state index contributed by atoms with van der Waals surface area (Å²) in [5.41, 5.74) is 5.37. The molecular formula is C10H12ClN3O3. The van der Waals surface area contributed by atoms with Gasteiger partial charge in [-0.15, -0.1) is 0 Å². The molecule has 0 aliphatic rings. The molecule has 0 aliphatic heterocycles. The highest BCUT2D eigenvalue weighted by Crippen LogP contribution is 2.21. The standard InChI is InChI=1S/C10H12ClN3O3/c1-6(12)5-13-10(15)8-4-7(14(16)17)2-3-9(8)11/h2-4,6H,5,12H2,1H3,(H,13,15). The summed E-state index contributed by atoms with van der Waals surface area (Å²) in [6.07, 6.45) is 0. The van der Waals surface area contributed by atoms with Gasteiger partial charge in [-0.3, -0.25) is 14.9 Å². The van der Waals surface area contributed by atoms with Crippen LogP contribution < -0.4 is 11.1 Å². The molecule has 0 saturated carbocycles. The number of halogens is 1. The number of nitrogens with zero attached hydrogens (tertiary/aromatic N) is 1. The second-order valence-corrected chi connectivity index (χ2v) is 4.02. The van der Waals surface area contributed by atoms with E-state index in [-0.39, 0.29) is 28.9 Å². The van der Waals surface area contributed by atoms with Crippen molar-refractivity contribution in [1.29, 1.82) is 0 Å². The lowest BCUT2D eigenvalue weighted by Crippen LogP contribution is -2.35. The molecule has 17 heavy (non-hydrogen) atoms. The minimum Gasteiger partial charge on any atom is -0.350 e. The Morgan fingerprint density at radius 1 is 1.65 bits per heavy atom. The average Bonchev–Trinajstić information content (AvgIpc) is 2.26. The van der Waals surface area contributed by atoms with Crippen molar-refractivity contribution in [2.24, 2.45) is 5.73 Å². The van der Waals surface area contributed by atoms with Crippen LogP contribution in [-0.4, -0.2) is 23.4 Å². The molecule has 7 heteroatoms. The van der Waals surface area contributed by atoms with Crippen molar-refractivity contribution < 1.29 is 9.72 Å². The number of amides is 1. The van der Waals surface area contributed by atoms with Gasteiger partial charge in [0.25, 0.3) is 11.6 Å². The van der Waals surface area contributed by atoms with Gasteiger partial charge < -0.3 is 11.1 Å². The first-order chi connectivity index (χ1) is 7.91. The highest BCUT2D eigenvalue weighted by atomic mass is 35.5. The predicted molar refractivity (Wildman–Crippen MR) is 64.1 cm³/mol. The van der Waals surface area contributed by atoms with Crippen LogP contribution >= 0.6 is 11.6 Å². The highest BCUT2D eigenvalue weighted by molar-refractivity contribution is 6.33. The molecule has 1 atom stereocenters. The fraction of sp³-hybridized carbons (Fsp3) is 0.300. The van der Waals surface area contributed by atoms with Gasteiger partial charge in [-0.2, -0.15) is 0 Å². The molecule has 0 bridgehead atoms. The fourth-order valence-corrected chi connectivity index (χ4v) is 1.35. The number of carbonyl (C=O) groups excluding carboxylic acids is 1. The Balaban J connectivity index is 2.92. The number of non-ortho nitro benzene ring substituents is 1. The molecule has 0 saturated heterocycles. The van der Waals surface area contributed by atoms with Gasteiger partial charge in [0, 0.05) is 24.7 Å². The number of carbonyl (C=O) groups is 1. The van der Waals surface area contributed by atoms with E-state index < -0.39 is 10.8 Å². The van der Waals surface area contributed by atoms with Crippen LogP contribution in [0.25, 0.3) is 0 Å². The van der Waals surface area contributed by atoms with Crippen molar-refractivity contribution in [3.8, 4) is 0 Å². The molecule has 1 unspecified atom stereocenters. The van der Waals surface area contributed by atoms with Crippen molar-refractivity contribution in [2.45, 2.75) is 13.0 Å². The van der Waals surface area contributed by atoms with Gasteiger partial charge in [0.1, 0.15) is 0 Å². The van der Waals surface area contributed by atoms with Crippen LogP contribution in [0, 0.1) is 10.1 Å². The van der Waals surface area contributed by atoms with Crippen molar-refractivity contribution >= 4 is 23.2 Å². The van der Waals surface area contributed by atoms with E-state index in [0.717, 1.165) is 6.07 Å². The molecule has 1 rings (SSSR count). The van der Waals surface area contributed by atoms with Crippen LogP contribution in [-0.2, 0) is 0 Å². The first-order valence-corrected chi connectivity index (χ1v) is 5.27. The lowest BCUT2D eigenvalue weighted by atomic mass is 10.2. The number of nitrogens with two attached hydrogens (primary N) is 1. The summed E-state index contributed by atoms with van der Waals surface area (Å²) >= 11 is 5.80. The summed E-state index contributed by atoms with van der Waals surface area (Å²) in [7, 11) is 0. The maximum atomic E-state index is 11.7. The zero-order valence-corrected chi connectivity index (χ0v) is 9.90. The Bertz CT molecular complexity index is 448. The summed E-state index contributed by atoms with van der Waals surface area (Å²) in [5, 5.41) is 13.3. The van der Waals surface area contributed by atoms with E-state index in [9.17, 15) is 14.9 Å². The van der Waals surface area contributed by atoms with Crippen LogP contribution in [0.4, 0.5) is 5.69 Å². The van der Waals surface area contributed by atoms with E-state index in [1.165, 1.54) is 12.1 Å². The number of nitro groups is 1. The molecule has 1 amide bonds. The Morgan fingerprint density at radius 2 is 2.29 bits per heavy atom.